The zero-order chi connectivity index (χ0) is 36.3. The first-order chi connectivity index (χ1) is 25.7. The van der Waals surface area contributed by atoms with Gasteiger partial charge in [0.2, 0.25) is 0 Å². The van der Waals surface area contributed by atoms with E-state index >= 15 is 0 Å². The molecule has 15 heteroatoms. The van der Waals surface area contributed by atoms with E-state index in [0.717, 1.165) is 58.6 Å². The number of piperazine rings is 2. The summed E-state index contributed by atoms with van der Waals surface area (Å²) in [5.41, 5.74) is 3.68. The highest BCUT2D eigenvalue weighted by atomic mass is 32.1. The lowest BCUT2D eigenvalue weighted by molar-refractivity contribution is -0.159. The SMILES string of the molecule is CC1(N2CCN(Cc3nnc(-c4cccc(-c5cc(C6(N7CCN(Cc8nnc(-c9ccccc9)s8)C(=O)C7=O)CC6)ccn5)c4)s3)C(=O)C2=O)CC1. The Balaban J connectivity index is 0.872. The number of nitrogens with zero attached hydrogens (tertiary/aromatic N) is 9. The van der Waals surface area contributed by atoms with E-state index in [2.05, 4.69) is 25.4 Å². The van der Waals surface area contributed by atoms with Gasteiger partial charge in [-0.15, -0.1) is 20.4 Å². The zero-order valence-electron chi connectivity index (χ0n) is 29.0. The minimum atomic E-state index is -0.549. The molecular formula is C38H35N9O4S2. The van der Waals surface area contributed by atoms with Gasteiger partial charge < -0.3 is 19.6 Å². The third kappa shape index (κ3) is 6.16. The molecule has 53 heavy (non-hydrogen) atoms. The minimum absolute atomic E-state index is 0.172. The molecule has 0 atom stereocenters. The number of carbonyl (C=O) groups is 4. The smallest absolute Gasteiger partial charge is 0.312 e. The van der Waals surface area contributed by atoms with Crippen LogP contribution < -0.4 is 0 Å². The summed E-state index contributed by atoms with van der Waals surface area (Å²) in [4.78, 5) is 64.0. The van der Waals surface area contributed by atoms with Gasteiger partial charge in [-0.1, -0.05) is 71.2 Å². The highest BCUT2D eigenvalue weighted by Crippen LogP contribution is 2.52. The maximum atomic E-state index is 13.6. The quantitative estimate of drug-likeness (QED) is 0.190. The molecule has 2 aliphatic carbocycles. The topological polar surface area (TPSA) is 146 Å². The van der Waals surface area contributed by atoms with Crippen molar-refractivity contribution in [1.82, 2.24) is 45.0 Å². The number of hydrogen-bond acceptors (Lipinski definition) is 11. The van der Waals surface area contributed by atoms with E-state index in [4.69, 9.17) is 0 Å². The number of benzene rings is 2. The molecule has 0 radical (unpaired) electrons. The maximum absolute atomic E-state index is 13.6. The summed E-state index contributed by atoms with van der Waals surface area (Å²) >= 11 is 2.82. The second-order valence-electron chi connectivity index (χ2n) is 14.3. The van der Waals surface area contributed by atoms with Gasteiger partial charge in [-0.2, -0.15) is 0 Å². The van der Waals surface area contributed by atoms with E-state index < -0.39 is 29.2 Å². The second kappa shape index (κ2) is 12.9. The van der Waals surface area contributed by atoms with Gasteiger partial charge in [-0.05, 0) is 56.4 Å². The fourth-order valence-corrected chi connectivity index (χ4v) is 9.04. The Morgan fingerprint density at radius 3 is 1.83 bits per heavy atom. The van der Waals surface area contributed by atoms with Gasteiger partial charge >= 0.3 is 23.6 Å². The molecule has 2 aromatic carbocycles. The van der Waals surface area contributed by atoms with Crippen LogP contribution in [0.1, 0.15) is 48.2 Å². The molecule has 9 rings (SSSR count). The van der Waals surface area contributed by atoms with Crippen molar-refractivity contribution < 1.29 is 19.2 Å². The molecule has 0 spiro atoms. The molecule has 2 saturated heterocycles. The Labute approximate surface area is 313 Å². The van der Waals surface area contributed by atoms with Crippen molar-refractivity contribution in [2.75, 3.05) is 26.2 Å². The predicted octanol–water partition coefficient (Wildman–Crippen LogP) is 4.37. The fourth-order valence-electron chi connectivity index (χ4n) is 7.32. The van der Waals surface area contributed by atoms with E-state index in [0.29, 0.717) is 41.2 Å². The van der Waals surface area contributed by atoms with Gasteiger partial charge in [0.1, 0.15) is 20.0 Å². The molecule has 3 aromatic heterocycles. The van der Waals surface area contributed by atoms with Crippen LogP contribution in [0, 0.1) is 0 Å². The Morgan fingerprint density at radius 1 is 0.604 bits per heavy atom. The Hall–Kier alpha value is -5.41. The van der Waals surface area contributed by atoms with Gasteiger partial charge in [0, 0.05) is 54.6 Å². The lowest BCUT2D eigenvalue weighted by atomic mass is 9.99. The summed E-state index contributed by atoms with van der Waals surface area (Å²) in [6.07, 6.45) is 5.16. The number of carbonyl (C=O) groups excluding carboxylic acids is 4. The minimum Gasteiger partial charge on any atom is -0.327 e. The van der Waals surface area contributed by atoms with Crippen molar-refractivity contribution >= 4 is 46.3 Å². The van der Waals surface area contributed by atoms with Gasteiger partial charge in [-0.25, -0.2) is 0 Å². The van der Waals surface area contributed by atoms with E-state index in [9.17, 15) is 19.2 Å². The maximum Gasteiger partial charge on any atom is 0.312 e. The summed E-state index contributed by atoms with van der Waals surface area (Å²) in [6.45, 7) is 4.37. The first-order valence-corrected chi connectivity index (χ1v) is 19.3. The van der Waals surface area contributed by atoms with Crippen molar-refractivity contribution in [3.8, 4) is 32.4 Å². The average Bonchev–Trinajstić information content (AvgIpc) is 4.03. The number of pyridine rings is 1. The normalized spacial score (nSPS) is 19.3. The summed E-state index contributed by atoms with van der Waals surface area (Å²) in [7, 11) is 0. The Morgan fingerprint density at radius 2 is 1.19 bits per heavy atom. The number of aromatic nitrogens is 5. The summed E-state index contributed by atoms with van der Waals surface area (Å²) in [5, 5.41) is 20.2. The molecule has 0 unspecified atom stereocenters. The highest BCUT2D eigenvalue weighted by Gasteiger charge is 2.54. The second-order valence-corrected chi connectivity index (χ2v) is 16.4. The van der Waals surface area contributed by atoms with Crippen LogP contribution >= 0.6 is 22.7 Å². The molecule has 5 aromatic rings. The third-order valence-electron chi connectivity index (χ3n) is 10.8. The molecule has 4 fully saturated rings. The lowest BCUT2D eigenvalue weighted by Gasteiger charge is -2.39. The van der Waals surface area contributed by atoms with Gasteiger partial charge in [0.15, 0.2) is 0 Å². The monoisotopic (exact) mass is 745 g/mol. The standard InChI is InChI=1S/C38H35N9O4S2/c1-37(11-12-37)46-18-16-44(33(48)35(46)50)23-30-41-43-32(53-30)26-9-5-8-25(20-26)28-21-27(10-15-39-28)38(13-14-38)47-19-17-45(34(49)36(47)51)22-29-40-42-31(52-29)24-6-3-2-4-7-24/h2-10,15,20-21H,11-14,16-19,22-23H2,1H3. The molecule has 13 nitrogen and oxygen atoms in total. The summed E-state index contributed by atoms with van der Waals surface area (Å²) in [6, 6.07) is 21.6. The molecule has 268 valence electrons. The van der Waals surface area contributed by atoms with Crippen LogP contribution in [-0.2, 0) is 37.8 Å². The van der Waals surface area contributed by atoms with Crippen molar-refractivity contribution in [2.45, 2.75) is 56.8 Å². The van der Waals surface area contributed by atoms with Gasteiger partial charge in [0.05, 0.1) is 24.3 Å². The van der Waals surface area contributed by atoms with Crippen LogP contribution in [0.15, 0.2) is 72.9 Å². The van der Waals surface area contributed by atoms with Crippen LogP contribution in [0.4, 0.5) is 0 Å². The molecule has 4 amide bonds. The van der Waals surface area contributed by atoms with Crippen LogP contribution in [0.3, 0.4) is 0 Å². The summed E-state index contributed by atoms with van der Waals surface area (Å²) < 4.78 is 0. The van der Waals surface area contributed by atoms with Crippen molar-refractivity contribution in [1.29, 1.82) is 0 Å². The fraction of sp³-hybridized carbons (Fsp3) is 0.342. The van der Waals surface area contributed by atoms with Crippen LogP contribution in [0.2, 0.25) is 0 Å². The van der Waals surface area contributed by atoms with Crippen molar-refractivity contribution in [2.24, 2.45) is 0 Å². The molecule has 4 aliphatic rings. The molecule has 2 saturated carbocycles. The molecular weight excluding hydrogens is 711 g/mol. The number of hydrogen-bond donors (Lipinski definition) is 0. The van der Waals surface area contributed by atoms with Gasteiger partial charge in [0.25, 0.3) is 0 Å². The molecule has 5 heterocycles. The Bertz CT molecular complexity index is 2270. The lowest BCUT2D eigenvalue weighted by Crippen LogP contribution is -2.57. The predicted molar refractivity (Wildman–Crippen MR) is 197 cm³/mol. The van der Waals surface area contributed by atoms with Crippen LogP contribution in [0.25, 0.3) is 32.4 Å². The van der Waals surface area contributed by atoms with E-state index in [1.807, 2.05) is 73.7 Å². The number of rotatable bonds is 10. The third-order valence-corrected chi connectivity index (χ3v) is 12.7. The molecule has 0 N–H and O–H groups in total. The van der Waals surface area contributed by atoms with Gasteiger partial charge in [-0.3, -0.25) is 24.2 Å². The first-order valence-electron chi connectivity index (χ1n) is 17.7. The Kier molecular flexibility index (Phi) is 8.15. The highest BCUT2D eigenvalue weighted by molar-refractivity contribution is 7.15. The van der Waals surface area contributed by atoms with Crippen molar-refractivity contribution in [3.63, 3.8) is 0 Å². The summed E-state index contributed by atoms with van der Waals surface area (Å²) in [5.74, 6) is -1.94. The molecule has 0 bridgehead atoms. The largest absolute Gasteiger partial charge is 0.327 e. The average molecular weight is 746 g/mol. The van der Waals surface area contributed by atoms with E-state index in [1.54, 1.807) is 25.8 Å². The van der Waals surface area contributed by atoms with Crippen LogP contribution in [0.5, 0.6) is 0 Å². The van der Waals surface area contributed by atoms with E-state index in [-0.39, 0.29) is 18.6 Å². The number of amides is 4. The van der Waals surface area contributed by atoms with Crippen LogP contribution in [-0.4, -0.2) is 100 Å². The molecule has 2 aliphatic heterocycles. The first kappa shape index (κ1) is 33.4. The zero-order valence-corrected chi connectivity index (χ0v) is 30.6. The van der Waals surface area contributed by atoms with Crippen molar-refractivity contribution in [3.05, 3.63) is 88.5 Å². The van der Waals surface area contributed by atoms with E-state index in [1.165, 1.54) is 22.7 Å².